The molecule has 0 bridgehead atoms. The molecular weight excluding hydrogens is 398 g/mol. The molecular formula is C14H15F3INO2. The molecule has 0 unspecified atom stereocenters. The third-order valence-corrected chi connectivity index (χ3v) is 3.87. The molecule has 116 valence electrons. The summed E-state index contributed by atoms with van der Waals surface area (Å²) in [6.07, 6.45) is -2.37. The van der Waals surface area contributed by atoms with Gasteiger partial charge in [-0.1, -0.05) is 0 Å². The minimum Gasteiger partial charge on any atom is -0.370 e. The van der Waals surface area contributed by atoms with Gasteiger partial charge in [0.1, 0.15) is 6.61 Å². The van der Waals surface area contributed by atoms with Crippen LogP contribution in [0.3, 0.4) is 0 Å². The minimum atomic E-state index is -4.34. The van der Waals surface area contributed by atoms with Gasteiger partial charge in [-0.15, -0.1) is 0 Å². The summed E-state index contributed by atoms with van der Waals surface area (Å²) in [5, 5.41) is 0. The molecule has 7 heteroatoms. The number of aryl methyl sites for hydroxylation is 1. The lowest BCUT2D eigenvalue weighted by Crippen LogP contribution is -2.34. The second-order valence-electron chi connectivity index (χ2n) is 4.84. The van der Waals surface area contributed by atoms with Gasteiger partial charge in [-0.25, -0.2) is 0 Å². The van der Waals surface area contributed by atoms with Crippen LogP contribution in [0.1, 0.15) is 18.4 Å². The second kappa shape index (κ2) is 6.95. The Morgan fingerprint density at radius 2 is 2.05 bits per heavy atom. The van der Waals surface area contributed by atoms with Gasteiger partial charge in [0.15, 0.2) is 0 Å². The molecule has 1 aromatic rings. The molecule has 1 heterocycles. The highest BCUT2D eigenvalue weighted by molar-refractivity contribution is 14.1. The quantitative estimate of drug-likeness (QED) is 0.559. The van der Waals surface area contributed by atoms with E-state index in [1.165, 1.54) is 4.90 Å². The van der Waals surface area contributed by atoms with Crippen LogP contribution >= 0.6 is 22.6 Å². The summed E-state index contributed by atoms with van der Waals surface area (Å²) in [4.78, 5) is 13.6. The average molecular weight is 413 g/mol. The van der Waals surface area contributed by atoms with Gasteiger partial charge in [-0.2, -0.15) is 13.2 Å². The molecule has 1 amide bonds. The van der Waals surface area contributed by atoms with Crippen molar-refractivity contribution in [3.8, 4) is 0 Å². The van der Waals surface area contributed by atoms with Gasteiger partial charge < -0.3 is 9.64 Å². The predicted molar refractivity (Wildman–Crippen MR) is 81.3 cm³/mol. The summed E-state index contributed by atoms with van der Waals surface area (Å²) in [5.41, 5.74) is 1.84. The Kier molecular flexibility index (Phi) is 5.48. The van der Waals surface area contributed by atoms with Gasteiger partial charge in [0.05, 0.1) is 6.61 Å². The fourth-order valence-corrected chi connectivity index (χ4v) is 2.86. The molecule has 1 aromatic carbocycles. The van der Waals surface area contributed by atoms with Crippen LogP contribution in [0.4, 0.5) is 18.9 Å². The summed E-state index contributed by atoms with van der Waals surface area (Å²) in [5.74, 6) is -0.0643. The molecule has 0 fully saturated rings. The van der Waals surface area contributed by atoms with E-state index in [1.807, 2.05) is 18.2 Å². The zero-order valence-electron chi connectivity index (χ0n) is 11.3. The number of hydrogen-bond acceptors (Lipinski definition) is 2. The Hall–Kier alpha value is -0.830. The third kappa shape index (κ3) is 4.84. The second-order valence-corrected chi connectivity index (χ2v) is 6.09. The van der Waals surface area contributed by atoms with E-state index in [2.05, 4.69) is 27.3 Å². The Labute approximate surface area is 134 Å². The number of carbonyl (C=O) groups is 1. The molecule has 2 rings (SSSR count). The smallest absolute Gasteiger partial charge is 0.370 e. The summed E-state index contributed by atoms with van der Waals surface area (Å²) in [6, 6.07) is 5.75. The molecule has 0 aromatic heterocycles. The summed E-state index contributed by atoms with van der Waals surface area (Å²) in [6.45, 7) is -1.27. The molecule has 1 aliphatic rings. The van der Waals surface area contributed by atoms with Crippen LogP contribution in [0.5, 0.6) is 0 Å². The lowest BCUT2D eigenvalue weighted by molar-refractivity contribution is -0.173. The number of fused-ring (bicyclic) bond motifs is 1. The van der Waals surface area contributed by atoms with Crippen molar-refractivity contribution in [3.63, 3.8) is 0 Å². The van der Waals surface area contributed by atoms with E-state index < -0.39 is 12.8 Å². The van der Waals surface area contributed by atoms with Gasteiger partial charge >= 0.3 is 6.18 Å². The van der Waals surface area contributed by atoms with E-state index in [-0.39, 0.29) is 19.1 Å². The van der Waals surface area contributed by atoms with Crippen LogP contribution < -0.4 is 4.90 Å². The fraction of sp³-hybridized carbons (Fsp3) is 0.500. The number of amides is 1. The molecule has 3 nitrogen and oxygen atoms in total. The Morgan fingerprint density at radius 3 is 2.76 bits per heavy atom. The summed E-state index contributed by atoms with van der Waals surface area (Å²) in [7, 11) is 0. The van der Waals surface area contributed by atoms with Crippen LogP contribution in [-0.4, -0.2) is 31.8 Å². The lowest BCUT2D eigenvalue weighted by atomic mass is 10.1. The van der Waals surface area contributed by atoms with E-state index in [4.69, 9.17) is 0 Å². The van der Waals surface area contributed by atoms with Crippen molar-refractivity contribution in [1.29, 1.82) is 0 Å². The van der Waals surface area contributed by atoms with Gasteiger partial charge in [0.25, 0.3) is 0 Å². The maximum atomic E-state index is 12.1. The predicted octanol–water partition coefficient (Wildman–Crippen LogP) is 3.54. The molecule has 0 N–H and O–H groups in total. The number of ether oxygens (including phenoxy) is 1. The van der Waals surface area contributed by atoms with Gasteiger partial charge in [0.2, 0.25) is 5.91 Å². The number of carbonyl (C=O) groups excluding carboxylic acids is 1. The van der Waals surface area contributed by atoms with Crippen LogP contribution in [-0.2, 0) is 16.0 Å². The summed E-state index contributed by atoms with van der Waals surface area (Å²) < 4.78 is 41.8. The van der Waals surface area contributed by atoms with Gasteiger partial charge in [-0.3, -0.25) is 4.79 Å². The van der Waals surface area contributed by atoms with Crippen LogP contribution in [0.15, 0.2) is 18.2 Å². The highest BCUT2D eigenvalue weighted by Crippen LogP contribution is 2.28. The van der Waals surface area contributed by atoms with Crippen molar-refractivity contribution in [3.05, 3.63) is 27.3 Å². The largest absolute Gasteiger partial charge is 0.411 e. The first kappa shape index (κ1) is 16.5. The number of rotatable bonds is 4. The topological polar surface area (TPSA) is 29.5 Å². The van der Waals surface area contributed by atoms with E-state index in [0.717, 1.165) is 27.7 Å². The Morgan fingerprint density at radius 1 is 1.29 bits per heavy atom. The zero-order chi connectivity index (χ0) is 15.5. The standard InChI is InChI=1S/C14H15F3INO2/c15-14(16,17)9-21-7-6-19-12-5-4-11(18)8-10(12)2-1-3-13(19)20/h4-5,8H,1-3,6-7,9H2. The first-order chi connectivity index (χ1) is 9.87. The molecule has 0 atom stereocenters. The van der Waals surface area contributed by atoms with Crippen molar-refractivity contribution >= 4 is 34.2 Å². The van der Waals surface area contributed by atoms with E-state index in [9.17, 15) is 18.0 Å². The minimum absolute atomic E-state index is 0.0643. The molecule has 0 saturated heterocycles. The molecule has 21 heavy (non-hydrogen) atoms. The van der Waals surface area contributed by atoms with Crippen molar-refractivity contribution in [2.75, 3.05) is 24.7 Å². The van der Waals surface area contributed by atoms with E-state index >= 15 is 0 Å². The highest BCUT2D eigenvalue weighted by Gasteiger charge is 2.28. The number of halogens is 4. The number of alkyl halides is 3. The average Bonchev–Trinajstić information content (AvgIpc) is 2.52. The highest BCUT2D eigenvalue weighted by atomic mass is 127. The molecule has 0 saturated carbocycles. The van der Waals surface area contributed by atoms with Crippen LogP contribution in [0.2, 0.25) is 0 Å². The fourth-order valence-electron chi connectivity index (χ4n) is 2.31. The van der Waals surface area contributed by atoms with Crippen LogP contribution in [0.25, 0.3) is 0 Å². The third-order valence-electron chi connectivity index (χ3n) is 3.20. The van der Waals surface area contributed by atoms with Crippen LogP contribution in [0, 0.1) is 3.57 Å². The van der Waals surface area contributed by atoms with Crippen molar-refractivity contribution in [1.82, 2.24) is 0 Å². The summed E-state index contributed by atoms with van der Waals surface area (Å²) >= 11 is 2.20. The first-order valence-electron chi connectivity index (χ1n) is 6.60. The van der Waals surface area contributed by atoms with Gasteiger partial charge in [-0.05, 0) is 59.2 Å². The Bertz CT molecular complexity index is 519. The number of hydrogen-bond donors (Lipinski definition) is 0. The number of nitrogens with zero attached hydrogens (tertiary/aromatic N) is 1. The SMILES string of the molecule is O=C1CCCc2cc(I)ccc2N1CCOCC(F)(F)F. The van der Waals surface area contributed by atoms with E-state index in [1.54, 1.807) is 0 Å². The van der Waals surface area contributed by atoms with E-state index in [0.29, 0.717) is 6.42 Å². The normalized spacial score (nSPS) is 15.8. The molecule has 0 aliphatic carbocycles. The lowest BCUT2D eigenvalue weighted by Gasteiger charge is -2.23. The maximum Gasteiger partial charge on any atom is 0.411 e. The number of benzene rings is 1. The molecule has 0 radical (unpaired) electrons. The number of anilines is 1. The monoisotopic (exact) mass is 413 g/mol. The van der Waals surface area contributed by atoms with Crippen molar-refractivity contribution in [2.45, 2.75) is 25.4 Å². The molecule has 0 spiro atoms. The zero-order valence-corrected chi connectivity index (χ0v) is 13.4. The maximum absolute atomic E-state index is 12.1. The molecule has 1 aliphatic heterocycles. The van der Waals surface area contributed by atoms with Gasteiger partial charge in [0, 0.05) is 22.2 Å². The van der Waals surface area contributed by atoms with Crippen molar-refractivity contribution < 1.29 is 22.7 Å². The van der Waals surface area contributed by atoms with Crippen molar-refractivity contribution in [2.24, 2.45) is 0 Å². The first-order valence-corrected chi connectivity index (χ1v) is 7.68. The Balaban J connectivity index is 2.05.